The molecule has 0 spiro atoms. The van der Waals surface area contributed by atoms with E-state index in [0.29, 0.717) is 5.88 Å². The summed E-state index contributed by atoms with van der Waals surface area (Å²) in [5, 5.41) is 0. The molecule has 1 aromatic rings. The maximum absolute atomic E-state index is 4.98. The quantitative estimate of drug-likeness (QED) is 0.680. The fraction of sp³-hybridized carbons (Fsp3) is 0.500. The molecule has 1 aliphatic carbocycles. The summed E-state index contributed by atoms with van der Waals surface area (Å²) in [7, 11) is 1.64. The Morgan fingerprint density at radius 2 is 2.33 bits per heavy atom. The third-order valence-corrected chi connectivity index (χ3v) is 2.23. The Hall–Kier alpha value is -1.05. The van der Waals surface area contributed by atoms with Crippen LogP contribution in [-0.2, 0) is 6.42 Å². The van der Waals surface area contributed by atoms with Gasteiger partial charge < -0.3 is 4.74 Å². The second-order valence-corrected chi connectivity index (χ2v) is 3.36. The van der Waals surface area contributed by atoms with E-state index in [1.54, 1.807) is 7.11 Å². The Kier molecular flexibility index (Phi) is 1.98. The molecule has 0 radical (unpaired) electrons. The first-order valence-corrected chi connectivity index (χ1v) is 4.37. The average molecular weight is 163 g/mol. The number of hydrogen-bond acceptors (Lipinski definition) is 2. The van der Waals surface area contributed by atoms with Crippen molar-refractivity contribution >= 4 is 0 Å². The highest BCUT2D eigenvalue weighted by Crippen LogP contribution is 2.32. The molecule has 2 nitrogen and oxygen atoms in total. The molecule has 1 aliphatic rings. The first-order chi connectivity index (χ1) is 5.88. The van der Waals surface area contributed by atoms with Gasteiger partial charge >= 0.3 is 0 Å². The number of pyridine rings is 1. The first-order valence-electron chi connectivity index (χ1n) is 4.37. The summed E-state index contributed by atoms with van der Waals surface area (Å²) in [5.41, 5.74) is 1.33. The zero-order chi connectivity index (χ0) is 8.39. The van der Waals surface area contributed by atoms with E-state index < -0.39 is 0 Å². The van der Waals surface area contributed by atoms with E-state index in [1.807, 2.05) is 12.3 Å². The third-order valence-electron chi connectivity index (χ3n) is 2.23. The van der Waals surface area contributed by atoms with Crippen molar-refractivity contribution in [3.63, 3.8) is 0 Å². The lowest BCUT2D eigenvalue weighted by molar-refractivity contribution is 0.397. The van der Waals surface area contributed by atoms with Crippen molar-refractivity contribution in [3.05, 3.63) is 23.9 Å². The van der Waals surface area contributed by atoms with Gasteiger partial charge in [0.05, 0.1) is 7.11 Å². The van der Waals surface area contributed by atoms with Crippen LogP contribution in [0.1, 0.15) is 18.4 Å². The fourth-order valence-corrected chi connectivity index (χ4v) is 1.31. The SMILES string of the molecule is COc1ccc(CC2CC2)cn1. The summed E-state index contributed by atoms with van der Waals surface area (Å²) in [6, 6.07) is 4.03. The Morgan fingerprint density at radius 3 is 2.83 bits per heavy atom. The van der Waals surface area contributed by atoms with Crippen LogP contribution in [0.25, 0.3) is 0 Å². The summed E-state index contributed by atoms with van der Waals surface area (Å²) >= 11 is 0. The summed E-state index contributed by atoms with van der Waals surface area (Å²) in [5.74, 6) is 1.63. The minimum Gasteiger partial charge on any atom is -0.481 e. The van der Waals surface area contributed by atoms with Crippen LogP contribution in [0.15, 0.2) is 18.3 Å². The Morgan fingerprint density at radius 1 is 1.50 bits per heavy atom. The predicted octanol–water partition coefficient (Wildman–Crippen LogP) is 2.04. The van der Waals surface area contributed by atoms with Gasteiger partial charge in [0.15, 0.2) is 0 Å². The summed E-state index contributed by atoms with van der Waals surface area (Å²) < 4.78 is 4.98. The Balaban J connectivity index is 2.02. The van der Waals surface area contributed by atoms with Crippen molar-refractivity contribution in [1.29, 1.82) is 0 Å². The van der Waals surface area contributed by atoms with Gasteiger partial charge in [0.1, 0.15) is 0 Å². The molecular weight excluding hydrogens is 150 g/mol. The van der Waals surface area contributed by atoms with Crippen molar-refractivity contribution in [2.24, 2.45) is 5.92 Å². The van der Waals surface area contributed by atoms with Crippen LogP contribution in [0.2, 0.25) is 0 Å². The lowest BCUT2D eigenvalue weighted by atomic mass is 10.1. The van der Waals surface area contributed by atoms with Crippen LogP contribution in [0, 0.1) is 5.92 Å². The molecule has 1 heterocycles. The number of hydrogen-bond donors (Lipinski definition) is 0. The zero-order valence-corrected chi connectivity index (χ0v) is 7.29. The number of nitrogens with zero attached hydrogens (tertiary/aromatic N) is 1. The van der Waals surface area contributed by atoms with Gasteiger partial charge in [-0.15, -0.1) is 0 Å². The van der Waals surface area contributed by atoms with E-state index in [2.05, 4.69) is 11.1 Å². The highest BCUT2D eigenvalue weighted by atomic mass is 16.5. The van der Waals surface area contributed by atoms with Crippen LogP contribution in [0.3, 0.4) is 0 Å². The second kappa shape index (κ2) is 3.13. The molecule has 2 rings (SSSR count). The lowest BCUT2D eigenvalue weighted by Gasteiger charge is -2.00. The Labute approximate surface area is 72.6 Å². The highest BCUT2D eigenvalue weighted by molar-refractivity contribution is 5.18. The van der Waals surface area contributed by atoms with Gasteiger partial charge in [-0.3, -0.25) is 0 Å². The topological polar surface area (TPSA) is 22.1 Å². The van der Waals surface area contributed by atoms with Crippen molar-refractivity contribution in [1.82, 2.24) is 4.98 Å². The van der Waals surface area contributed by atoms with Crippen molar-refractivity contribution < 1.29 is 4.74 Å². The lowest BCUT2D eigenvalue weighted by Crippen LogP contribution is -1.91. The molecular formula is C10H13NO. The molecule has 0 atom stereocenters. The molecule has 1 saturated carbocycles. The maximum Gasteiger partial charge on any atom is 0.212 e. The summed E-state index contributed by atoms with van der Waals surface area (Å²) in [6.45, 7) is 0. The molecule has 1 aromatic heterocycles. The zero-order valence-electron chi connectivity index (χ0n) is 7.29. The van der Waals surface area contributed by atoms with E-state index in [0.717, 1.165) is 5.92 Å². The van der Waals surface area contributed by atoms with Gasteiger partial charge in [0, 0.05) is 12.3 Å². The molecule has 0 N–H and O–H groups in total. The van der Waals surface area contributed by atoms with E-state index in [4.69, 9.17) is 4.74 Å². The van der Waals surface area contributed by atoms with E-state index >= 15 is 0 Å². The van der Waals surface area contributed by atoms with E-state index in [-0.39, 0.29) is 0 Å². The van der Waals surface area contributed by atoms with Crippen LogP contribution in [0.4, 0.5) is 0 Å². The number of rotatable bonds is 3. The molecule has 0 aliphatic heterocycles. The molecule has 0 saturated heterocycles. The normalized spacial score (nSPS) is 16.1. The van der Waals surface area contributed by atoms with Crippen molar-refractivity contribution in [2.45, 2.75) is 19.3 Å². The molecule has 12 heavy (non-hydrogen) atoms. The number of methoxy groups -OCH3 is 1. The molecule has 1 fully saturated rings. The van der Waals surface area contributed by atoms with Crippen LogP contribution in [0.5, 0.6) is 5.88 Å². The van der Waals surface area contributed by atoms with Crippen LogP contribution >= 0.6 is 0 Å². The van der Waals surface area contributed by atoms with Gasteiger partial charge in [0.25, 0.3) is 0 Å². The molecule has 64 valence electrons. The molecule has 2 heteroatoms. The van der Waals surface area contributed by atoms with Gasteiger partial charge in [-0.1, -0.05) is 6.07 Å². The summed E-state index contributed by atoms with van der Waals surface area (Å²) in [6.07, 6.45) is 5.90. The monoisotopic (exact) mass is 163 g/mol. The molecule has 0 unspecified atom stereocenters. The number of aromatic nitrogens is 1. The van der Waals surface area contributed by atoms with Gasteiger partial charge in [-0.05, 0) is 30.7 Å². The molecule has 0 bridgehead atoms. The molecule has 0 aromatic carbocycles. The van der Waals surface area contributed by atoms with Crippen LogP contribution < -0.4 is 4.74 Å². The summed E-state index contributed by atoms with van der Waals surface area (Å²) in [4.78, 5) is 4.16. The van der Waals surface area contributed by atoms with E-state index in [9.17, 15) is 0 Å². The molecule has 0 amide bonds. The van der Waals surface area contributed by atoms with Crippen LogP contribution in [-0.4, -0.2) is 12.1 Å². The maximum atomic E-state index is 4.98. The van der Waals surface area contributed by atoms with E-state index in [1.165, 1.54) is 24.8 Å². The van der Waals surface area contributed by atoms with Gasteiger partial charge in [0.2, 0.25) is 5.88 Å². The minimum atomic E-state index is 0.703. The van der Waals surface area contributed by atoms with Gasteiger partial charge in [-0.2, -0.15) is 0 Å². The Bertz CT molecular complexity index is 251. The standard InChI is InChI=1S/C10H13NO/c1-12-10-5-4-9(7-11-10)6-8-2-3-8/h4-5,7-8H,2-3,6H2,1H3. The highest BCUT2D eigenvalue weighted by Gasteiger charge is 2.21. The first kappa shape index (κ1) is 7.59. The van der Waals surface area contributed by atoms with Gasteiger partial charge in [-0.25, -0.2) is 4.98 Å². The van der Waals surface area contributed by atoms with Crippen molar-refractivity contribution in [3.8, 4) is 5.88 Å². The minimum absolute atomic E-state index is 0.703. The average Bonchev–Trinajstić information content (AvgIpc) is 2.90. The predicted molar refractivity (Wildman–Crippen MR) is 47.2 cm³/mol. The number of ether oxygens (including phenoxy) is 1. The fourth-order valence-electron chi connectivity index (χ4n) is 1.31. The smallest absolute Gasteiger partial charge is 0.212 e. The second-order valence-electron chi connectivity index (χ2n) is 3.36. The third kappa shape index (κ3) is 1.76. The van der Waals surface area contributed by atoms with Crippen molar-refractivity contribution in [2.75, 3.05) is 7.11 Å². The largest absolute Gasteiger partial charge is 0.481 e.